The number of amides is 2. The molecule has 10 nitrogen and oxygen atoms in total. The topological polar surface area (TPSA) is 162 Å². The number of carbonyl (C=O) groups excluding carboxylic acids is 2. The van der Waals surface area contributed by atoms with Gasteiger partial charge in [0.1, 0.15) is 6.04 Å². The maximum atomic E-state index is 11.2. The minimum absolute atomic E-state index is 0.0312. The van der Waals surface area contributed by atoms with Crippen LogP contribution in [-0.2, 0) is 24.1 Å². The first-order valence-corrected chi connectivity index (χ1v) is 5.18. The Morgan fingerprint density at radius 2 is 1.74 bits per heavy atom. The third-order valence-corrected chi connectivity index (χ3v) is 1.89. The second-order valence-corrected chi connectivity index (χ2v) is 3.40. The Balaban J connectivity index is 4.20. The van der Waals surface area contributed by atoms with Gasteiger partial charge in [-0.05, 0) is 6.42 Å². The quantitative estimate of drug-likeness (QED) is 0.148. The first-order chi connectivity index (χ1) is 8.88. The van der Waals surface area contributed by atoms with E-state index in [2.05, 4.69) is 10.2 Å². The van der Waals surface area contributed by atoms with Crippen LogP contribution in [0, 0.1) is 0 Å². The lowest BCUT2D eigenvalue weighted by molar-refractivity contribution is -0.242. The van der Waals surface area contributed by atoms with Gasteiger partial charge in [-0.3, -0.25) is 19.6 Å². The van der Waals surface area contributed by atoms with Crippen LogP contribution in [0.4, 0.5) is 0 Å². The van der Waals surface area contributed by atoms with Crippen molar-refractivity contribution in [1.29, 1.82) is 0 Å². The molecule has 10 heteroatoms. The summed E-state index contributed by atoms with van der Waals surface area (Å²) in [6.45, 7) is -0.0118. The molecule has 5 N–H and O–H groups in total. The van der Waals surface area contributed by atoms with Crippen molar-refractivity contribution >= 4 is 23.8 Å². The third-order valence-electron chi connectivity index (χ3n) is 1.89. The Kier molecular flexibility index (Phi) is 7.81. The van der Waals surface area contributed by atoms with Crippen LogP contribution >= 0.6 is 0 Å². The lowest BCUT2D eigenvalue weighted by atomic mass is 10.2. The molecule has 0 aliphatic carbocycles. The summed E-state index contributed by atoms with van der Waals surface area (Å²) in [7, 11) is 0. The Bertz CT molecular complexity index is 356. The van der Waals surface area contributed by atoms with E-state index in [0.717, 1.165) is 0 Å². The van der Waals surface area contributed by atoms with Gasteiger partial charge in [0.15, 0.2) is 0 Å². The fraction of sp³-hybridized carbons (Fsp3) is 0.556. The van der Waals surface area contributed by atoms with E-state index in [-0.39, 0.29) is 19.6 Å². The van der Waals surface area contributed by atoms with Gasteiger partial charge in [-0.25, -0.2) is 9.68 Å². The minimum atomic E-state index is -1.68. The molecule has 0 fully saturated rings. The highest BCUT2D eigenvalue weighted by Crippen LogP contribution is 1.92. The summed E-state index contributed by atoms with van der Waals surface area (Å²) in [4.78, 5) is 47.2. The molecule has 0 saturated carbocycles. The zero-order valence-electron chi connectivity index (χ0n) is 9.79. The first kappa shape index (κ1) is 16.8. The second kappa shape index (κ2) is 8.83. The molecule has 0 aromatic rings. The molecular weight excluding hydrogens is 264 g/mol. The molecule has 0 aromatic heterocycles. The predicted molar refractivity (Wildman–Crippen MR) is 58.0 cm³/mol. The molecule has 0 heterocycles. The van der Waals surface area contributed by atoms with Crippen molar-refractivity contribution in [1.82, 2.24) is 10.6 Å². The summed E-state index contributed by atoms with van der Waals surface area (Å²) < 4.78 is 0. The van der Waals surface area contributed by atoms with E-state index in [1.54, 1.807) is 5.32 Å². The zero-order chi connectivity index (χ0) is 14.8. The van der Waals surface area contributed by atoms with Crippen LogP contribution in [0.3, 0.4) is 0 Å². The van der Waals surface area contributed by atoms with Gasteiger partial charge in [-0.1, -0.05) is 0 Å². The molecule has 0 aliphatic heterocycles. The van der Waals surface area contributed by atoms with E-state index in [1.165, 1.54) is 0 Å². The number of carbonyl (C=O) groups is 4. The summed E-state index contributed by atoms with van der Waals surface area (Å²) in [5, 5.41) is 29.0. The summed E-state index contributed by atoms with van der Waals surface area (Å²) in [6.07, 6.45) is -0.598. The molecule has 0 aromatic carbocycles. The van der Waals surface area contributed by atoms with Crippen LogP contribution in [0.1, 0.15) is 12.8 Å². The number of rotatable bonds is 8. The van der Waals surface area contributed by atoms with Gasteiger partial charge in [0.25, 0.3) is 0 Å². The molecule has 19 heavy (non-hydrogen) atoms. The van der Waals surface area contributed by atoms with Crippen LogP contribution in [0.15, 0.2) is 0 Å². The molecule has 0 rings (SSSR count). The van der Waals surface area contributed by atoms with Crippen molar-refractivity contribution in [2.75, 3.05) is 13.2 Å². The fourth-order valence-corrected chi connectivity index (χ4v) is 1.02. The molecule has 2 amide bonds. The van der Waals surface area contributed by atoms with Gasteiger partial charge in [0, 0.05) is 6.54 Å². The second-order valence-electron chi connectivity index (χ2n) is 3.40. The molecule has 0 saturated heterocycles. The van der Waals surface area contributed by atoms with E-state index < -0.39 is 36.2 Å². The zero-order valence-corrected chi connectivity index (χ0v) is 9.79. The molecule has 108 valence electrons. The monoisotopic (exact) mass is 278 g/mol. The van der Waals surface area contributed by atoms with E-state index in [9.17, 15) is 19.2 Å². The summed E-state index contributed by atoms with van der Waals surface area (Å²) in [5.74, 6) is -5.33. The predicted octanol–water partition coefficient (Wildman–Crippen LogP) is -1.97. The van der Waals surface area contributed by atoms with Crippen molar-refractivity contribution in [3.8, 4) is 0 Å². The summed E-state index contributed by atoms with van der Waals surface area (Å²) in [6, 6.07) is -1.68. The number of carboxylic acids is 2. The normalized spacial score (nSPS) is 11.4. The van der Waals surface area contributed by atoms with Gasteiger partial charge in [0.05, 0.1) is 13.0 Å². The Labute approximate surface area is 107 Å². The lowest BCUT2D eigenvalue weighted by Gasteiger charge is -2.12. The molecule has 0 aliphatic rings. The number of nitrogens with one attached hydrogen (secondary N) is 2. The Morgan fingerprint density at radius 1 is 1.11 bits per heavy atom. The molecule has 0 spiro atoms. The fourth-order valence-electron chi connectivity index (χ4n) is 1.02. The third kappa shape index (κ3) is 7.68. The highest BCUT2D eigenvalue weighted by Gasteiger charge is 2.25. The summed E-state index contributed by atoms with van der Waals surface area (Å²) >= 11 is 0. The average Bonchev–Trinajstić information content (AvgIpc) is 2.32. The first-order valence-electron chi connectivity index (χ1n) is 5.18. The number of hydrogen-bond donors (Lipinski definition) is 5. The Hall–Kier alpha value is -2.20. The van der Waals surface area contributed by atoms with Crippen molar-refractivity contribution in [2.45, 2.75) is 18.9 Å². The summed E-state index contributed by atoms with van der Waals surface area (Å²) in [5.41, 5.74) is 0. The molecular formula is C9H14N2O8. The van der Waals surface area contributed by atoms with Crippen LogP contribution in [-0.4, -0.2) is 58.4 Å². The number of hydrogen-bond acceptors (Lipinski definition) is 6. The van der Waals surface area contributed by atoms with Gasteiger partial charge in [-0.15, -0.1) is 0 Å². The van der Waals surface area contributed by atoms with Crippen molar-refractivity contribution < 1.29 is 39.5 Å². The Morgan fingerprint density at radius 3 is 2.21 bits per heavy atom. The van der Waals surface area contributed by atoms with Crippen LogP contribution in [0.5, 0.6) is 0 Å². The van der Waals surface area contributed by atoms with E-state index >= 15 is 0 Å². The van der Waals surface area contributed by atoms with Gasteiger partial charge in [-0.2, -0.15) is 0 Å². The van der Waals surface area contributed by atoms with Gasteiger partial charge >= 0.3 is 23.8 Å². The molecule has 0 bridgehead atoms. The standard InChI is InChI=1S/C9H14N2O8/c12-6(13)4-5(9(16)17)11-8(15)7(14)10-2-1-3-19-18/h5,18H,1-4H2,(H,10,14)(H,11,15)(H,12,13)(H,16,17). The van der Waals surface area contributed by atoms with E-state index in [0.29, 0.717) is 0 Å². The highest BCUT2D eigenvalue weighted by molar-refractivity contribution is 6.35. The van der Waals surface area contributed by atoms with Crippen LogP contribution in [0.25, 0.3) is 0 Å². The van der Waals surface area contributed by atoms with Gasteiger partial charge < -0.3 is 20.8 Å². The van der Waals surface area contributed by atoms with E-state index in [4.69, 9.17) is 15.5 Å². The molecule has 0 radical (unpaired) electrons. The van der Waals surface area contributed by atoms with Crippen molar-refractivity contribution in [3.63, 3.8) is 0 Å². The number of carboxylic acid groups (broad SMARTS) is 2. The van der Waals surface area contributed by atoms with E-state index in [1.807, 2.05) is 0 Å². The van der Waals surface area contributed by atoms with Crippen LogP contribution in [0.2, 0.25) is 0 Å². The average molecular weight is 278 g/mol. The number of aliphatic carboxylic acids is 2. The van der Waals surface area contributed by atoms with Crippen LogP contribution < -0.4 is 10.6 Å². The molecule has 1 atom stereocenters. The highest BCUT2D eigenvalue weighted by atomic mass is 17.1. The smallest absolute Gasteiger partial charge is 0.326 e. The van der Waals surface area contributed by atoms with Gasteiger partial charge in [0.2, 0.25) is 0 Å². The van der Waals surface area contributed by atoms with Crippen molar-refractivity contribution in [2.24, 2.45) is 0 Å². The molecule has 1 unspecified atom stereocenters. The maximum absolute atomic E-state index is 11.2. The van der Waals surface area contributed by atoms with Crippen molar-refractivity contribution in [3.05, 3.63) is 0 Å². The SMILES string of the molecule is O=C(O)CC(NC(=O)C(=O)NCCCOO)C(=O)O. The largest absolute Gasteiger partial charge is 0.481 e. The maximum Gasteiger partial charge on any atom is 0.326 e. The lowest BCUT2D eigenvalue weighted by Crippen LogP contribution is -2.48. The minimum Gasteiger partial charge on any atom is -0.481 e.